The highest BCUT2D eigenvalue weighted by Crippen LogP contribution is 2.33. The van der Waals surface area contributed by atoms with E-state index < -0.39 is 10.0 Å². The molecule has 3 N–H and O–H groups in total. The maximum atomic E-state index is 12.2. The second-order valence-corrected chi connectivity index (χ2v) is 7.61. The Bertz CT molecular complexity index is 586. The van der Waals surface area contributed by atoms with Crippen molar-refractivity contribution in [3.63, 3.8) is 0 Å². The molecule has 1 aliphatic carbocycles. The average Bonchev–Trinajstić information content (AvgIpc) is 3.21. The smallest absolute Gasteiger partial charge is 0.242 e. The van der Waals surface area contributed by atoms with Gasteiger partial charge in [-0.3, -0.25) is 0 Å². The van der Waals surface area contributed by atoms with Crippen LogP contribution in [0.4, 0.5) is 0 Å². The van der Waals surface area contributed by atoms with Crippen LogP contribution in [0.5, 0.6) is 0 Å². The minimum Gasteiger partial charge on any atom is -0.326 e. The van der Waals surface area contributed by atoms with Crippen LogP contribution in [0.15, 0.2) is 17.0 Å². The van der Waals surface area contributed by atoms with Crippen molar-refractivity contribution in [3.8, 4) is 0 Å². The Labute approximate surface area is 129 Å². The van der Waals surface area contributed by atoms with Gasteiger partial charge in [0, 0.05) is 18.1 Å². The molecule has 0 aliphatic heterocycles. The molecule has 0 saturated heterocycles. The van der Waals surface area contributed by atoms with Crippen LogP contribution >= 0.6 is 23.2 Å². The van der Waals surface area contributed by atoms with Gasteiger partial charge in [-0.1, -0.05) is 36.0 Å². The first-order valence-corrected chi connectivity index (χ1v) is 8.85. The zero-order chi connectivity index (χ0) is 14.8. The molecule has 0 heterocycles. The zero-order valence-corrected chi connectivity index (χ0v) is 13.4. The number of hydrogen-bond donors (Lipinski definition) is 2. The van der Waals surface area contributed by atoms with E-state index in [1.807, 2.05) is 0 Å². The Morgan fingerprint density at radius 1 is 1.30 bits per heavy atom. The molecule has 0 radical (unpaired) electrons. The second-order valence-electron chi connectivity index (χ2n) is 5.06. The summed E-state index contributed by atoms with van der Waals surface area (Å²) >= 11 is 12.0. The Balaban J connectivity index is 2.09. The highest BCUT2D eigenvalue weighted by Gasteiger charge is 2.22. The molecule has 1 aliphatic rings. The molecule has 2 rings (SSSR count). The van der Waals surface area contributed by atoms with E-state index in [1.54, 1.807) is 6.07 Å². The van der Waals surface area contributed by atoms with Gasteiger partial charge in [0.1, 0.15) is 4.90 Å². The summed E-state index contributed by atoms with van der Waals surface area (Å²) in [4.78, 5) is -0.00135. The van der Waals surface area contributed by atoms with Gasteiger partial charge in [-0.25, -0.2) is 13.1 Å². The minimum absolute atomic E-state index is 0.00135. The Kier molecular flexibility index (Phi) is 5.31. The summed E-state index contributed by atoms with van der Waals surface area (Å²) in [5.41, 5.74) is 6.06. The van der Waals surface area contributed by atoms with Gasteiger partial charge < -0.3 is 5.73 Å². The molecule has 0 bridgehead atoms. The molecule has 0 atom stereocenters. The number of benzene rings is 1. The normalized spacial score (nSPS) is 15.6. The van der Waals surface area contributed by atoms with Crippen LogP contribution in [0.3, 0.4) is 0 Å². The van der Waals surface area contributed by atoms with E-state index in [4.69, 9.17) is 28.9 Å². The van der Waals surface area contributed by atoms with Gasteiger partial charge in [0.05, 0.1) is 5.02 Å². The summed E-state index contributed by atoms with van der Waals surface area (Å²) in [7, 11) is -3.65. The van der Waals surface area contributed by atoms with Gasteiger partial charge in [0.2, 0.25) is 10.0 Å². The Morgan fingerprint density at radius 3 is 2.60 bits per heavy atom. The predicted octanol–water partition coefficient (Wildman–Crippen LogP) is 2.92. The first-order valence-electron chi connectivity index (χ1n) is 6.61. The van der Waals surface area contributed by atoms with Crippen LogP contribution in [0, 0.1) is 5.92 Å². The molecule has 20 heavy (non-hydrogen) atoms. The molecule has 1 fully saturated rings. The molecule has 0 spiro atoms. The lowest BCUT2D eigenvalue weighted by Gasteiger charge is -2.11. The number of halogens is 2. The van der Waals surface area contributed by atoms with Gasteiger partial charge in [-0.15, -0.1) is 0 Å². The largest absolute Gasteiger partial charge is 0.326 e. The van der Waals surface area contributed by atoms with E-state index in [-0.39, 0.29) is 16.5 Å². The zero-order valence-electron chi connectivity index (χ0n) is 11.0. The van der Waals surface area contributed by atoms with E-state index in [9.17, 15) is 8.42 Å². The molecule has 0 aromatic heterocycles. The first kappa shape index (κ1) is 16.0. The van der Waals surface area contributed by atoms with Crippen molar-refractivity contribution in [1.82, 2.24) is 4.72 Å². The summed E-state index contributed by atoms with van der Waals surface area (Å²) in [5.74, 6) is 0.790. The van der Waals surface area contributed by atoms with E-state index >= 15 is 0 Å². The van der Waals surface area contributed by atoms with E-state index in [2.05, 4.69) is 4.72 Å². The van der Waals surface area contributed by atoms with Gasteiger partial charge in [0.25, 0.3) is 0 Å². The fourth-order valence-corrected chi connectivity index (χ4v) is 4.06. The van der Waals surface area contributed by atoms with Crippen LogP contribution < -0.4 is 10.5 Å². The number of hydrogen-bond acceptors (Lipinski definition) is 3. The van der Waals surface area contributed by atoms with E-state index in [1.165, 1.54) is 18.9 Å². The van der Waals surface area contributed by atoms with Crippen molar-refractivity contribution < 1.29 is 8.42 Å². The fraction of sp³-hybridized carbons (Fsp3) is 0.538. The van der Waals surface area contributed by atoms with Crippen molar-refractivity contribution >= 4 is 33.2 Å². The lowest BCUT2D eigenvalue weighted by molar-refractivity contribution is 0.572. The molecule has 4 nitrogen and oxygen atoms in total. The number of nitrogens with one attached hydrogen (secondary N) is 1. The highest BCUT2D eigenvalue weighted by molar-refractivity contribution is 7.89. The molecule has 1 aromatic rings. The highest BCUT2D eigenvalue weighted by atomic mass is 35.5. The third kappa shape index (κ3) is 4.09. The molecule has 7 heteroatoms. The Morgan fingerprint density at radius 2 is 2.00 bits per heavy atom. The summed E-state index contributed by atoms with van der Waals surface area (Å²) in [6.07, 6.45) is 4.45. The molecular weight excluding hydrogens is 319 g/mol. The number of rotatable bonds is 7. The first-order chi connectivity index (χ1) is 9.44. The molecule has 1 saturated carbocycles. The van der Waals surface area contributed by atoms with Gasteiger partial charge in [0.15, 0.2) is 0 Å². The molecule has 112 valence electrons. The summed E-state index contributed by atoms with van der Waals surface area (Å²) in [6, 6.07) is 2.93. The third-order valence-electron chi connectivity index (χ3n) is 3.37. The standard InChI is InChI=1S/C13H18Cl2N2O2S/c14-11-6-10(8-16)13(15)12(7-11)20(18,19)17-5-1-2-9-3-4-9/h6-7,9,17H,1-5,8,16H2. The van der Waals surface area contributed by atoms with Gasteiger partial charge in [-0.05, 0) is 36.5 Å². The van der Waals surface area contributed by atoms with Crippen molar-refractivity contribution in [1.29, 1.82) is 0 Å². The monoisotopic (exact) mass is 336 g/mol. The maximum absolute atomic E-state index is 12.2. The topological polar surface area (TPSA) is 72.2 Å². The maximum Gasteiger partial charge on any atom is 0.242 e. The average molecular weight is 337 g/mol. The van der Waals surface area contributed by atoms with Crippen molar-refractivity contribution in [3.05, 3.63) is 27.7 Å². The minimum atomic E-state index is -3.65. The van der Waals surface area contributed by atoms with Crippen molar-refractivity contribution in [2.45, 2.75) is 37.1 Å². The number of nitrogens with two attached hydrogens (primary N) is 1. The van der Waals surface area contributed by atoms with Crippen LogP contribution in [-0.2, 0) is 16.6 Å². The van der Waals surface area contributed by atoms with Gasteiger partial charge >= 0.3 is 0 Å². The summed E-state index contributed by atoms with van der Waals surface area (Å²) in [6.45, 7) is 0.559. The van der Waals surface area contributed by atoms with Crippen LogP contribution in [-0.4, -0.2) is 15.0 Å². The second kappa shape index (κ2) is 6.62. The number of sulfonamides is 1. The SMILES string of the molecule is NCc1cc(Cl)cc(S(=O)(=O)NCCCC2CC2)c1Cl. The molecular formula is C13H18Cl2N2O2S. The Hall–Kier alpha value is -0.330. The van der Waals surface area contributed by atoms with Crippen molar-refractivity contribution in [2.24, 2.45) is 11.7 Å². The molecule has 0 unspecified atom stereocenters. The van der Waals surface area contributed by atoms with Crippen molar-refractivity contribution in [2.75, 3.05) is 6.54 Å². The van der Waals surface area contributed by atoms with Gasteiger partial charge in [-0.2, -0.15) is 0 Å². The molecule has 0 amide bonds. The van der Waals surface area contributed by atoms with Crippen LogP contribution in [0.25, 0.3) is 0 Å². The lowest BCUT2D eigenvalue weighted by atomic mass is 10.2. The fourth-order valence-electron chi connectivity index (χ4n) is 2.04. The van der Waals surface area contributed by atoms with E-state index in [0.29, 0.717) is 17.1 Å². The molecule has 1 aromatic carbocycles. The summed E-state index contributed by atoms with van der Waals surface area (Å²) in [5, 5.41) is 0.458. The predicted molar refractivity (Wildman–Crippen MR) is 81.5 cm³/mol. The van der Waals surface area contributed by atoms with Crippen LogP contribution in [0.2, 0.25) is 10.0 Å². The van der Waals surface area contributed by atoms with E-state index in [0.717, 1.165) is 18.8 Å². The lowest BCUT2D eigenvalue weighted by Crippen LogP contribution is -2.25. The summed E-state index contributed by atoms with van der Waals surface area (Å²) < 4.78 is 27.0. The van der Waals surface area contributed by atoms with Crippen LogP contribution in [0.1, 0.15) is 31.2 Å². The third-order valence-corrected chi connectivity index (χ3v) is 5.63. The quantitative estimate of drug-likeness (QED) is 0.752.